The molecule has 2 aliphatic rings. The van der Waals surface area contributed by atoms with Crippen molar-refractivity contribution in [1.29, 1.82) is 0 Å². The fraction of sp³-hybridized carbons (Fsp3) is 0.560. The molecule has 2 N–H and O–H groups in total. The smallest absolute Gasteiger partial charge is 0.319 e. The number of anilines is 1. The van der Waals surface area contributed by atoms with Crippen molar-refractivity contribution in [2.45, 2.75) is 38.0 Å². The van der Waals surface area contributed by atoms with Gasteiger partial charge in [0.25, 0.3) is 12.3 Å². The number of carbonyl (C=O) groups is 1. The molecule has 196 valence electrons. The van der Waals surface area contributed by atoms with E-state index in [0.717, 1.165) is 19.5 Å². The summed E-state index contributed by atoms with van der Waals surface area (Å²) in [4.78, 5) is 27.4. The van der Waals surface area contributed by atoms with E-state index >= 15 is 0 Å². The molecule has 2 aromatic rings. The number of rotatable bonds is 9. The van der Waals surface area contributed by atoms with Gasteiger partial charge < -0.3 is 25.0 Å². The zero-order valence-corrected chi connectivity index (χ0v) is 20.7. The van der Waals surface area contributed by atoms with Crippen LogP contribution in [0.15, 0.2) is 30.3 Å². The average Bonchev–Trinajstić information content (AvgIpc) is 2.86. The number of aromatic nitrogens is 2. The molecule has 1 fully saturated rings. The summed E-state index contributed by atoms with van der Waals surface area (Å²) in [6.45, 7) is 2.55. The number of likely N-dealkylation sites (N-methyl/N-ethyl adjacent to an activating group) is 1. The Balaban J connectivity index is 1.42. The molecule has 0 bridgehead atoms. The van der Waals surface area contributed by atoms with Crippen LogP contribution >= 0.6 is 0 Å². The molecule has 1 saturated heterocycles. The van der Waals surface area contributed by atoms with Gasteiger partial charge in [-0.3, -0.25) is 9.69 Å². The van der Waals surface area contributed by atoms with Gasteiger partial charge in [0.05, 0.1) is 12.6 Å². The minimum absolute atomic E-state index is 0.0407. The first-order valence-electron chi connectivity index (χ1n) is 12.3. The number of β-amino-alcohol motifs (C(OH)–C–C–N with tert-alkyl or cyclic N) is 1. The Labute approximate surface area is 210 Å². The van der Waals surface area contributed by atoms with Gasteiger partial charge in [-0.15, -0.1) is 0 Å². The summed E-state index contributed by atoms with van der Waals surface area (Å²) >= 11 is 0. The Bertz CT molecular complexity index is 1040. The largest absolute Gasteiger partial charge is 0.462 e. The molecule has 0 unspecified atom stereocenters. The number of amides is 1. The van der Waals surface area contributed by atoms with Crippen LogP contribution in [-0.2, 0) is 13.0 Å². The Morgan fingerprint density at radius 2 is 2.03 bits per heavy atom. The van der Waals surface area contributed by atoms with Crippen LogP contribution in [0.1, 0.15) is 28.0 Å². The molecule has 9 nitrogen and oxygen atoms in total. The maximum absolute atomic E-state index is 13.3. The highest BCUT2D eigenvalue weighted by Gasteiger charge is 2.36. The lowest BCUT2D eigenvalue weighted by atomic mass is 9.94. The number of aliphatic hydroxyl groups excluding tert-OH is 1. The number of alkyl halides is 2. The van der Waals surface area contributed by atoms with Gasteiger partial charge in [0.15, 0.2) is 0 Å². The number of nitrogens with one attached hydrogen (secondary N) is 1. The van der Waals surface area contributed by atoms with E-state index in [9.17, 15) is 18.7 Å². The second-order valence-electron chi connectivity index (χ2n) is 9.51. The summed E-state index contributed by atoms with van der Waals surface area (Å²) in [5.41, 5.74) is 2.67. The lowest BCUT2D eigenvalue weighted by Gasteiger charge is -2.43. The first kappa shape index (κ1) is 26.2. The van der Waals surface area contributed by atoms with E-state index in [-0.39, 0.29) is 36.7 Å². The van der Waals surface area contributed by atoms with Gasteiger partial charge in [-0.1, -0.05) is 24.3 Å². The van der Waals surface area contributed by atoms with E-state index in [1.807, 2.05) is 31.1 Å². The normalized spacial score (nSPS) is 20.5. The molecule has 0 saturated carbocycles. The number of benzene rings is 1. The number of nitrogens with zero attached hydrogens (tertiary/aromatic N) is 5. The van der Waals surface area contributed by atoms with Gasteiger partial charge in [0.2, 0.25) is 0 Å². The minimum atomic E-state index is -2.58. The molecular formula is C25H34F2N6O3. The van der Waals surface area contributed by atoms with Crippen LogP contribution in [0.5, 0.6) is 6.01 Å². The first-order chi connectivity index (χ1) is 17.3. The van der Waals surface area contributed by atoms with E-state index in [1.165, 1.54) is 17.2 Å². The van der Waals surface area contributed by atoms with Gasteiger partial charge in [0.1, 0.15) is 18.1 Å². The average molecular weight is 505 g/mol. The molecule has 1 amide bonds. The fourth-order valence-corrected chi connectivity index (χ4v) is 4.68. The van der Waals surface area contributed by atoms with Crippen LogP contribution in [-0.4, -0.2) is 108 Å². The highest BCUT2D eigenvalue weighted by molar-refractivity contribution is 5.93. The molecule has 1 aromatic carbocycles. The first-order valence-corrected chi connectivity index (χ1v) is 12.3. The van der Waals surface area contributed by atoms with Crippen LogP contribution in [0.25, 0.3) is 0 Å². The van der Waals surface area contributed by atoms with Crippen molar-refractivity contribution in [2.75, 3.05) is 58.7 Å². The maximum atomic E-state index is 13.3. The summed E-state index contributed by atoms with van der Waals surface area (Å²) in [7, 11) is 3.77. The van der Waals surface area contributed by atoms with Gasteiger partial charge in [-0.05, 0) is 38.1 Å². The molecule has 36 heavy (non-hydrogen) atoms. The second kappa shape index (κ2) is 11.9. The van der Waals surface area contributed by atoms with Crippen molar-refractivity contribution in [1.82, 2.24) is 24.7 Å². The van der Waals surface area contributed by atoms with E-state index in [1.54, 1.807) is 4.90 Å². The lowest BCUT2D eigenvalue weighted by molar-refractivity contribution is -0.0139. The highest BCUT2D eigenvalue weighted by atomic mass is 19.3. The number of likely N-dealkylation sites (tertiary alicyclic amines) is 1. The quantitative estimate of drug-likeness (QED) is 0.534. The number of halogens is 2. The zero-order valence-electron chi connectivity index (χ0n) is 20.7. The third-order valence-electron chi connectivity index (χ3n) is 6.59. The number of ether oxygens (including phenoxy) is 1. The summed E-state index contributed by atoms with van der Waals surface area (Å²) in [5, 5.41) is 13.5. The lowest BCUT2D eigenvalue weighted by Crippen LogP contribution is -2.56. The Morgan fingerprint density at radius 3 is 2.75 bits per heavy atom. The van der Waals surface area contributed by atoms with Crippen molar-refractivity contribution < 1.29 is 23.4 Å². The number of carbonyl (C=O) groups excluding carboxylic acids is 1. The second-order valence-corrected chi connectivity index (χ2v) is 9.51. The summed E-state index contributed by atoms with van der Waals surface area (Å²) < 4.78 is 31.0. The molecule has 0 aliphatic carbocycles. The molecule has 4 rings (SSSR count). The third-order valence-corrected chi connectivity index (χ3v) is 6.59. The molecule has 3 heterocycles. The topological polar surface area (TPSA) is 94.1 Å². The van der Waals surface area contributed by atoms with Crippen LogP contribution in [0.4, 0.5) is 14.6 Å². The number of aliphatic hydroxyl groups is 1. The van der Waals surface area contributed by atoms with E-state index < -0.39 is 25.0 Å². The van der Waals surface area contributed by atoms with Crippen LogP contribution < -0.4 is 10.1 Å². The number of hydrogen-bond donors (Lipinski definition) is 2. The van der Waals surface area contributed by atoms with Crippen molar-refractivity contribution in [3.8, 4) is 6.01 Å². The number of hydrogen-bond acceptors (Lipinski definition) is 8. The summed E-state index contributed by atoms with van der Waals surface area (Å²) in [5.74, 6) is -0.299. The SMILES string of the molecule is CN(C)CCOc1nc(NCC(F)F)cc(C(=O)N2CC[C@@H](N3CCc4ccccc4C3)[C@H](O)C2)n1. The van der Waals surface area contributed by atoms with Crippen LogP contribution in [0.3, 0.4) is 0 Å². The van der Waals surface area contributed by atoms with Gasteiger partial charge in [-0.25, -0.2) is 8.78 Å². The molecule has 0 spiro atoms. The van der Waals surface area contributed by atoms with E-state index in [4.69, 9.17) is 4.74 Å². The van der Waals surface area contributed by atoms with Gasteiger partial charge in [0, 0.05) is 44.8 Å². The number of piperidine rings is 1. The summed E-state index contributed by atoms with van der Waals surface area (Å²) in [6, 6.07) is 9.61. The maximum Gasteiger partial charge on any atom is 0.319 e. The highest BCUT2D eigenvalue weighted by Crippen LogP contribution is 2.26. The van der Waals surface area contributed by atoms with Crippen LogP contribution in [0.2, 0.25) is 0 Å². The van der Waals surface area contributed by atoms with E-state index in [2.05, 4.69) is 32.3 Å². The Hall–Kier alpha value is -2.89. The molecular weight excluding hydrogens is 470 g/mol. The molecule has 2 atom stereocenters. The number of fused-ring (bicyclic) bond motifs is 1. The zero-order chi connectivity index (χ0) is 25.7. The van der Waals surface area contributed by atoms with Crippen molar-refractivity contribution in [3.05, 3.63) is 47.2 Å². The minimum Gasteiger partial charge on any atom is -0.462 e. The van der Waals surface area contributed by atoms with Crippen molar-refractivity contribution >= 4 is 11.7 Å². The summed E-state index contributed by atoms with van der Waals surface area (Å²) in [6.07, 6.45) is -1.72. The fourth-order valence-electron chi connectivity index (χ4n) is 4.68. The molecule has 2 aliphatic heterocycles. The predicted octanol–water partition coefficient (Wildman–Crippen LogP) is 1.73. The predicted molar refractivity (Wildman–Crippen MR) is 131 cm³/mol. The monoisotopic (exact) mass is 504 g/mol. The van der Waals surface area contributed by atoms with Gasteiger partial charge in [-0.2, -0.15) is 9.97 Å². The standard InChI is InChI=1S/C25H34F2N6O3/c1-31(2)11-12-36-25-29-19(13-23(30-25)28-14-22(26)27)24(35)33-10-8-20(21(34)16-33)32-9-7-17-5-3-4-6-18(17)15-32/h3-6,13,20-22,34H,7-12,14-16H2,1-2H3,(H,28,29,30)/t20-,21-/m1/s1. The molecule has 0 radical (unpaired) electrons. The molecule has 1 aromatic heterocycles. The van der Waals surface area contributed by atoms with Crippen LogP contribution in [0, 0.1) is 0 Å². The van der Waals surface area contributed by atoms with E-state index in [0.29, 0.717) is 19.5 Å². The van der Waals surface area contributed by atoms with Gasteiger partial charge >= 0.3 is 6.01 Å². The Morgan fingerprint density at radius 1 is 1.25 bits per heavy atom. The Kier molecular flexibility index (Phi) is 8.65. The third kappa shape index (κ3) is 6.65. The van der Waals surface area contributed by atoms with Crippen molar-refractivity contribution in [2.24, 2.45) is 0 Å². The molecule has 11 heteroatoms. The van der Waals surface area contributed by atoms with Crippen molar-refractivity contribution in [3.63, 3.8) is 0 Å².